The highest BCUT2D eigenvalue weighted by Gasteiger charge is 2.30. The minimum absolute atomic E-state index is 0.103. The van der Waals surface area contributed by atoms with E-state index in [0.29, 0.717) is 34.7 Å². The Kier molecular flexibility index (Phi) is 6.32. The molecule has 0 saturated heterocycles. The zero-order valence-corrected chi connectivity index (χ0v) is 20.4. The quantitative estimate of drug-likeness (QED) is 0.350. The van der Waals surface area contributed by atoms with Crippen LogP contribution in [-0.4, -0.2) is 48.3 Å². The molecule has 9 nitrogen and oxygen atoms in total. The van der Waals surface area contributed by atoms with Crippen LogP contribution >= 0.6 is 0 Å². The fraction of sp³-hybridized carbons (Fsp3) is 0.214. The third kappa shape index (κ3) is 4.39. The molecule has 2 aromatic heterocycles. The average molecular weight is 499 g/mol. The molecule has 0 fully saturated rings. The summed E-state index contributed by atoms with van der Waals surface area (Å²) < 4.78 is 2.02. The lowest BCUT2D eigenvalue weighted by atomic mass is 9.95. The van der Waals surface area contributed by atoms with Crippen molar-refractivity contribution in [3.63, 3.8) is 0 Å². The van der Waals surface area contributed by atoms with E-state index in [2.05, 4.69) is 18.8 Å². The van der Waals surface area contributed by atoms with E-state index in [-0.39, 0.29) is 23.1 Å². The second-order valence-electron chi connectivity index (χ2n) is 9.20. The maximum absolute atomic E-state index is 13.4. The van der Waals surface area contributed by atoms with Gasteiger partial charge in [0.05, 0.1) is 18.7 Å². The van der Waals surface area contributed by atoms with E-state index in [1.54, 1.807) is 29.3 Å². The zero-order chi connectivity index (χ0) is 26.3. The van der Waals surface area contributed by atoms with Crippen LogP contribution in [0, 0.1) is 0 Å². The molecule has 5 rings (SSSR count). The van der Waals surface area contributed by atoms with Crippen molar-refractivity contribution in [1.82, 2.24) is 14.5 Å². The number of carboxylic acids is 1. The highest BCUT2D eigenvalue weighted by molar-refractivity contribution is 6.10. The number of hydrogen-bond acceptors (Lipinski definition) is 6. The first-order chi connectivity index (χ1) is 17.8. The molecule has 0 spiro atoms. The topological polar surface area (TPSA) is 129 Å². The minimum atomic E-state index is -1.29. The monoisotopic (exact) mass is 498 g/mol. The molecule has 0 aliphatic carbocycles. The van der Waals surface area contributed by atoms with Crippen LogP contribution in [0.15, 0.2) is 67.0 Å². The minimum Gasteiger partial charge on any atom is -0.478 e. The number of pyridine rings is 1. The van der Waals surface area contributed by atoms with E-state index in [4.69, 9.17) is 4.98 Å². The molecule has 37 heavy (non-hydrogen) atoms. The third-order valence-corrected chi connectivity index (χ3v) is 6.53. The van der Waals surface area contributed by atoms with Gasteiger partial charge in [-0.15, -0.1) is 0 Å². The SMILES string of the molecule is CC(C)n1ccnc1-c1cccc(N2Cc3ccc(-c4ccc(C(O)CO)c(C(=O)O)c4)cc3C2=O)n1. The van der Waals surface area contributed by atoms with Crippen molar-refractivity contribution in [2.45, 2.75) is 32.5 Å². The Morgan fingerprint density at radius 2 is 1.84 bits per heavy atom. The molecule has 3 N–H and O–H groups in total. The highest BCUT2D eigenvalue weighted by Crippen LogP contribution is 2.33. The van der Waals surface area contributed by atoms with Gasteiger partial charge in [-0.1, -0.05) is 30.3 Å². The van der Waals surface area contributed by atoms with E-state index in [1.165, 1.54) is 12.1 Å². The van der Waals surface area contributed by atoms with Crippen LogP contribution in [0.25, 0.3) is 22.6 Å². The van der Waals surface area contributed by atoms with Gasteiger partial charge in [0.1, 0.15) is 17.6 Å². The summed E-state index contributed by atoms with van der Waals surface area (Å²) in [6, 6.07) is 15.8. The number of aromatic carboxylic acids is 1. The summed E-state index contributed by atoms with van der Waals surface area (Å²) in [7, 11) is 0. The molecule has 4 aromatic rings. The number of anilines is 1. The van der Waals surface area contributed by atoms with Crippen LogP contribution in [0.4, 0.5) is 5.82 Å². The molecule has 1 aliphatic rings. The molecule has 0 saturated carbocycles. The van der Waals surface area contributed by atoms with Crippen LogP contribution in [-0.2, 0) is 6.54 Å². The largest absolute Gasteiger partial charge is 0.478 e. The molecular formula is C28H26N4O5. The Hall–Kier alpha value is -4.34. The molecule has 188 valence electrons. The van der Waals surface area contributed by atoms with E-state index in [1.807, 2.05) is 35.0 Å². The summed E-state index contributed by atoms with van der Waals surface area (Å²) in [5.41, 5.74) is 3.31. The molecule has 1 aliphatic heterocycles. The number of benzene rings is 2. The molecule has 3 heterocycles. The summed E-state index contributed by atoms with van der Waals surface area (Å²) in [5.74, 6) is -0.155. The Morgan fingerprint density at radius 3 is 2.57 bits per heavy atom. The summed E-state index contributed by atoms with van der Waals surface area (Å²) in [4.78, 5) is 36.0. The zero-order valence-electron chi connectivity index (χ0n) is 20.4. The van der Waals surface area contributed by atoms with Crippen molar-refractivity contribution in [2.75, 3.05) is 11.5 Å². The summed E-state index contributed by atoms with van der Waals surface area (Å²) in [5, 5.41) is 28.8. The van der Waals surface area contributed by atoms with Crippen molar-refractivity contribution in [3.8, 4) is 22.6 Å². The number of fused-ring (bicyclic) bond motifs is 1. The van der Waals surface area contributed by atoms with Crippen LogP contribution in [0.3, 0.4) is 0 Å². The molecule has 0 radical (unpaired) electrons. The number of aliphatic hydroxyl groups excluding tert-OH is 2. The molecule has 1 unspecified atom stereocenters. The Bertz CT molecular complexity index is 1510. The molecule has 9 heteroatoms. The molecule has 2 aromatic carbocycles. The summed E-state index contributed by atoms with van der Waals surface area (Å²) >= 11 is 0. The summed E-state index contributed by atoms with van der Waals surface area (Å²) in [6.07, 6.45) is 2.34. The third-order valence-electron chi connectivity index (χ3n) is 6.53. The standard InChI is InChI=1S/C28H26N4O5/c1-16(2)31-11-10-29-26(31)23-4-3-5-25(30-23)32-14-19-7-6-17(12-21(19)27(32)35)18-8-9-20(24(34)15-33)22(13-18)28(36)37/h3-13,16,24,33-34H,14-15H2,1-2H3,(H,36,37). The fourth-order valence-electron chi connectivity index (χ4n) is 4.60. The molecular weight excluding hydrogens is 472 g/mol. The van der Waals surface area contributed by atoms with E-state index >= 15 is 0 Å². The fourth-order valence-corrected chi connectivity index (χ4v) is 4.60. The number of aromatic nitrogens is 3. The number of carbonyl (C=O) groups excluding carboxylic acids is 1. The van der Waals surface area contributed by atoms with Crippen LogP contribution in [0.1, 0.15) is 57.8 Å². The number of aliphatic hydroxyl groups is 2. The number of hydrogen-bond donors (Lipinski definition) is 3. The number of rotatable bonds is 7. The van der Waals surface area contributed by atoms with Gasteiger partial charge in [-0.3, -0.25) is 9.69 Å². The van der Waals surface area contributed by atoms with Crippen LogP contribution in [0.5, 0.6) is 0 Å². The van der Waals surface area contributed by atoms with Crippen molar-refractivity contribution in [2.24, 2.45) is 0 Å². The summed E-state index contributed by atoms with van der Waals surface area (Å²) in [6.45, 7) is 3.91. The second kappa shape index (κ2) is 9.61. The lowest BCUT2D eigenvalue weighted by Gasteiger charge is -2.16. The first-order valence-corrected chi connectivity index (χ1v) is 11.9. The van der Waals surface area contributed by atoms with Gasteiger partial charge in [-0.05, 0) is 60.4 Å². The van der Waals surface area contributed by atoms with E-state index in [9.17, 15) is 24.9 Å². The van der Waals surface area contributed by atoms with Crippen molar-refractivity contribution < 1.29 is 24.9 Å². The van der Waals surface area contributed by atoms with Gasteiger partial charge in [0.2, 0.25) is 0 Å². The predicted octanol–water partition coefficient (Wildman–Crippen LogP) is 4.08. The van der Waals surface area contributed by atoms with Gasteiger partial charge in [-0.25, -0.2) is 14.8 Å². The van der Waals surface area contributed by atoms with E-state index < -0.39 is 18.7 Å². The number of carbonyl (C=O) groups is 2. The smallest absolute Gasteiger partial charge is 0.336 e. The number of imidazole rings is 1. The average Bonchev–Trinajstić information content (AvgIpc) is 3.53. The van der Waals surface area contributed by atoms with Gasteiger partial charge in [-0.2, -0.15) is 0 Å². The maximum atomic E-state index is 13.4. The van der Waals surface area contributed by atoms with Crippen molar-refractivity contribution in [1.29, 1.82) is 0 Å². The first kappa shape index (κ1) is 24.4. The van der Waals surface area contributed by atoms with E-state index in [0.717, 1.165) is 11.4 Å². The Morgan fingerprint density at radius 1 is 1.08 bits per heavy atom. The highest BCUT2D eigenvalue weighted by atomic mass is 16.4. The van der Waals surface area contributed by atoms with Gasteiger partial charge >= 0.3 is 5.97 Å². The van der Waals surface area contributed by atoms with Gasteiger partial charge in [0.25, 0.3) is 5.91 Å². The van der Waals surface area contributed by atoms with Crippen LogP contribution in [0.2, 0.25) is 0 Å². The first-order valence-electron chi connectivity index (χ1n) is 11.9. The predicted molar refractivity (Wildman–Crippen MR) is 137 cm³/mol. The van der Waals surface area contributed by atoms with Gasteiger partial charge in [0.15, 0.2) is 5.82 Å². The van der Waals surface area contributed by atoms with Crippen molar-refractivity contribution >= 4 is 17.7 Å². The van der Waals surface area contributed by atoms with Crippen molar-refractivity contribution in [3.05, 3.63) is 89.2 Å². The normalized spacial score (nSPS) is 13.8. The number of carboxylic acid groups (broad SMARTS) is 1. The Balaban J connectivity index is 1.47. The lowest BCUT2D eigenvalue weighted by Crippen LogP contribution is -2.24. The van der Waals surface area contributed by atoms with Gasteiger partial charge in [0, 0.05) is 24.0 Å². The number of amides is 1. The van der Waals surface area contributed by atoms with Crippen LogP contribution < -0.4 is 4.90 Å². The molecule has 1 atom stereocenters. The molecule has 1 amide bonds. The Labute approximate surface area is 213 Å². The molecule has 0 bridgehead atoms. The van der Waals surface area contributed by atoms with Gasteiger partial charge < -0.3 is 19.9 Å². The maximum Gasteiger partial charge on any atom is 0.336 e. The second-order valence-corrected chi connectivity index (χ2v) is 9.20. The lowest BCUT2D eigenvalue weighted by molar-refractivity contribution is 0.0674. The number of nitrogens with zero attached hydrogens (tertiary/aromatic N) is 4.